The Bertz CT molecular complexity index is 1130. The van der Waals surface area contributed by atoms with Crippen molar-refractivity contribution < 1.29 is 39.1 Å². The molecule has 10 nitrogen and oxygen atoms in total. The van der Waals surface area contributed by atoms with Crippen molar-refractivity contribution in [3.8, 4) is 11.5 Å². The molecule has 166 valence electrons. The van der Waals surface area contributed by atoms with E-state index in [2.05, 4.69) is 4.99 Å². The Hall–Kier alpha value is -2.50. The van der Waals surface area contributed by atoms with Gasteiger partial charge in [-0.3, -0.25) is 4.99 Å². The highest BCUT2D eigenvalue weighted by molar-refractivity contribution is 6.09. The number of aryl methyl sites for hydroxylation is 1. The van der Waals surface area contributed by atoms with Gasteiger partial charge in [0.1, 0.15) is 22.6 Å². The fraction of sp³-hybridized carbons (Fsp3) is 0.524. The summed E-state index contributed by atoms with van der Waals surface area (Å²) in [6, 6.07) is 1.72. The number of aliphatic hydroxyl groups excluding tert-OH is 4. The van der Waals surface area contributed by atoms with Crippen LogP contribution in [-0.2, 0) is 11.2 Å². The van der Waals surface area contributed by atoms with E-state index in [1.165, 1.54) is 7.11 Å². The summed E-state index contributed by atoms with van der Waals surface area (Å²) in [5.74, 6) is 0.675. The molecule has 3 atom stereocenters. The fourth-order valence-corrected chi connectivity index (χ4v) is 4.71. The lowest BCUT2D eigenvalue weighted by Crippen LogP contribution is -2.41. The summed E-state index contributed by atoms with van der Waals surface area (Å²) >= 11 is 0. The lowest BCUT2D eigenvalue weighted by Gasteiger charge is -2.23. The quantitative estimate of drug-likeness (QED) is 0.470. The van der Waals surface area contributed by atoms with Gasteiger partial charge in [0.2, 0.25) is 6.29 Å². The van der Waals surface area contributed by atoms with Crippen molar-refractivity contribution in [1.82, 2.24) is 0 Å². The van der Waals surface area contributed by atoms with E-state index >= 15 is 0 Å². The third-order valence-electron chi connectivity index (χ3n) is 6.31. The maximum Gasteiger partial charge on any atom is 0.345 e. The second-order valence-electron chi connectivity index (χ2n) is 8.11. The highest BCUT2D eigenvalue weighted by Gasteiger charge is 2.46. The smallest absolute Gasteiger partial charge is 0.345 e. The van der Waals surface area contributed by atoms with Gasteiger partial charge in [0.15, 0.2) is 6.29 Å². The molecule has 0 amide bonds. The zero-order valence-corrected chi connectivity index (χ0v) is 16.8. The predicted octanol–water partition coefficient (Wildman–Crippen LogP) is -0.207. The van der Waals surface area contributed by atoms with Crippen LogP contribution in [0.4, 0.5) is 0 Å². The molecule has 5 rings (SSSR count). The van der Waals surface area contributed by atoms with Crippen molar-refractivity contribution in [3.05, 3.63) is 33.2 Å². The van der Waals surface area contributed by atoms with Crippen molar-refractivity contribution in [2.24, 2.45) is 4.99 Å². The van der Waals surface area contributed by atoms with Crippen LogP contribution in [-0.4, -0.2) is 71.2 Å². The SMILES string of the molecule is COc1cc2c(c3oc(=O)c4c(c13)CCC4=NC(CO)(CO)CO)[C@@H]1C[C@H](O)O[C@@H]1O2. The minimum Gasteiger partial charge on any atom is -0.496 e. The van der Waals surface area contributed by atoms with Crippen LogP contribution < -0.4 is 15.1 Å². The maximum atomic E-state index is 13.0. The standard InChI is InChI=1S/C21H23NO9/c1-28-12-5-13-17(10-4-14(26)30-20(10)29-13)18-16(12)9-2-3-11(15(9)19(27)31-18)22-21(6-23,7-24)8-25/h5,10,14,20,23-26H,2-4,6-8H2,1H3/t10-,14+,20-/m0/s1. The Morgan fingerprint density at radius 3 is 2.65 bits per heavy atom. The summed E-state index contributed by atoms with van der Waals surface area (Å²) in [4.78, 5) is 17.4. The molecule has 3 heterocycles. The van der Waals surface area contributed by atoms with Gasteiger partial charge in [0, 0.05) is 18.1 Å². The van der Waals surface area contributed by atoms with Gasteiger partial charge in [0.05, 0.1) is 49.5 Å². The van der Waals surface area contributed by atoms with Crippen molar-refractivity contribution in [2.45, 2.75) is 43.3 Å². The number of fused-ring (bicyclic) bond motifs is 7. The number of hydrogen-bond donors (Lipinski definition) is 4. The number of aliphatic hydroxyl groups is 4. The van der Waals surface area contributed by atoms with Crippen LogP contribution in [0.25, 0.3) is 11.0 Å². The van der Waals surface area contributed by atoms with E-state index in [0.717, 1.165) is 0 Å². The third kappa shape index (κ3) is 2.90. The molecule has 0 saturated carbocycles. The minimum atomic E-state index is -1.49. The second-order valence-corrected chi connectivity index (χ2v) is 8.11. The van der Waals surface area contributed by atoms with Crippen LogP contribution in [0.5, 0.6) is 11.5 Å². The fourth-order valence-electron chi connectivity index (χ4n) is 4.71. The summed E-state index contributed by atoms with van der Waals surface area (Å²) < 4.78 is 22.5. The molecule has 3 aliphatic rings. The molecule has 1 aromatic heterocycles. The molecule has 0 bridgehead atoms. The molecule has 1 aromatic carbocycles. The summed E-state index contributed by atoms with van der Waals surface area (Å²) in [5, 5.41) is 39.4. The van der Waals surface area contributed by atoms with E-state index in [1.807, 2.05) is 0 Å². The Balaban J connectivity index is 1.75. The molecule has 0 unspecified atom stereocenters. The monoisotopic (exact) mass is 433 g/mol. The minimum absolute atomic E-state index is 0.253. The molecular formula is C21H23NO9. The lowest BCUT2D eigenvalue weighted by molar-refractivity contribution is -0.147. The van der Waals surface area contributed by atoms with E-state index in [1.54, 1.807) is 6.07 Å². The Labute approximate surface area is 176 Å². The van der Waals surface area contributed by atoms with Crippen LogP contribution in [0.2, 0.25) is 0 Å². The molecule has 0 radical (unpaired) electrons. The number of nitrogens with zero attached hydrogens (tertiary/aromatic N) is 1. The van der Waals surface area contributed by atoms with Crippen molar-refractivity contribution >= 4 is 16.7 Å². The van der Waals surface area contributed by atoms with Crippen LogP contribution in [0.3, 0.4) is 0 Å². The van der Waals surface area contributed by atoms with Crippen molar-refractivity contribution in [3.63, 3.8) is 0 Å². The predicted molar refractivity (Wildman–Crippen MR) is 107 cm³/mol. The summed E-state index contributed by atoms with van der Waals surface area (Å²) in [6.45, 7) is -1.72. The van der Waals surface area contributed by atoms with Gasteiger partial charge in [-0.2, -0.15) is 0 Å². The highest BCUT2D eigenvalue weighted by atomic mass is 16.7. The zero-order chi connectivity index (χ0) is 21.9. The van der Waals surface area contributed by atoms with E-state index < -0.39 is 43.6 Å². The first-order valence-corrected chi connectivity index (χ1v) is 10.1. The van der Waals surface area contributed by atoms with E-state index in [4.69, 9.17) is 18.6 Å². The normalized spacial score (nSPS) is 25.6. The van der Waals surface area contributed by atoms with Gasteiger partial charge in [-0.1, -0.05) is 0 Å². The molecule has 1 saturated heterocycles. The summed E-state index contributed by atoms with van der Waals surface area (Å²) in [6.07, 6.45) is -0.443. The van der Waals surface area contributed by atoms with Gasteiger partial charge in [-0.15, -0.1) is 0 Å². The van der Waals surface area contributed by atoms with Gasteiger partial charge < -0.3 is 39.1 Å². The number of methoxy groups -OCH3 is 1. The van der Waals surface area contributed by atoms with Crippen molar-refractivity contribution in [1.29, 1.82) is 0 Å². The first-order chi connectivity index (χ1) is 14.9. The number of hydrogen-bond acceptors (Lipinski definition) is 10. The maximum absolute atomic E-state index is 13.0. The topological polar surface area (TPSA) is 151 Å². The number of benzene rings is 1. The van der Waals surface area contributed by atoms with Gasteiger partial charge in [-0.25, -0.2) is 4.79 Å². The van der Waals surface area contributed by atoms with Crippen LogP contribution in [0.15, 0.2) is 20.3 Å². The summed E-state index contributed by atoms with van der Waals surface area (Å²) in [7, 11) is 1.51. The first kappa shape index (κ1) is 20.4. The molecule has 1 aliphatic carbocycles. The van der Waals surface area contributed by atoms with E-state index in [0.29, 0.717) is 58.6 Å². The molecule has 0 spiro atoms. The zero-order valence-electron chi connectivity index (χ0n) is 16.8. The third-order valence-corrected chi connectivity index (χ3v) is 6.31. The number of rotatable bonds is 5. The molecule has 31 heavy (non-hydrogen) atoms. The Kier molecular flexibility index (Phi) is 4.79. The Morgan fingerprint density at radius 1 is 1.23 bits per heavy atom. The molecule has 1 fully saturated rings. The number of aliphatic imine (C=N–C) groups is 1. The molecule has 4 N–H and O–H groups in total. The Morgan fingerprint density at radius 2 is 1.97 bits per heavy atom. The average Bonchev–Trinajstić information content (AvgIpc) is 3.43. The van der Waals surface area contributed by atoms with Gasteiger partial charge >= 0.3 is 5.63 Å². The van der Waals surface area contributed by atoms with Crippen LogP contribution >= 0.6 is 0 Å². The highest BCUT2D eigenvalue weighted by Crippen LogP contribution is 2.52. The van der Waals surface area contributed by atoms with Crippen LogP contribution in [0.1, 0.15) is 35.4 Å². The van der Waals surface area contributed by atoms with Crippen LogP contribution in [0, 0.1) is 0 Å². The molecular weight excluding hydrogens is 410 g/mol. The summed E-state index contributed by atoms with van der Waals surface area (Å²) in [5.41, 5.74) is 0.205. The molecule has 10 heteroatoms. The average molecular weight is 433 g/mol. The van der Waals surface area contributed by atoms with E-state index in [-0.39, 0.29) is 11.5 Å². The molecule has 2 aromatic rings. The van der Waals surface area contributed by atoms with Gasteiger partial charge in [-0.05, 0) is 18.4 Å². The largest absolute Gasteiger partial charge is 0.496 e. The van der Waals surface area contributed by atoms with Gasteiger partial charge in [0.25, 0.3) is 0 Å². The van der Waals surface area contributed by atoms with E-state index in [9.17, 15) is 25.2 Å². The van der Waals surface area contributed by atoms with Crippen molar-refractivity contribution in [2.75, 3.05) is 26.9 Å². The molecule has 2 aliphatic heterocycles. The second kappa shape index (κ2) is 7.28. The number of ether oxygens (including phenoxy) is 3. The first-order valence-electron chi connectivity index (χ1n) is 10.1. The lowest BCUT2D eigenvalue weighted by atomic mass is 9.93.